The standard InChI is InChI=1S/C7H16N2/c1-7(2)5-9-4-3-6(7)8/h6,9H,3-5,8H2,1-2H3/t6-/m1/s1. The van der Waals surface area contributed by atoms with Crippen LogP contribution in [0.2, 0.25) is 0 Å². The molecule has 3 N–H and O–H groups in total. The molecule has 1 heterocycles. The maximum atomic E-state index is 5.87. The average molecular weight is 128 g/mol. The molecule has 0 aliphatic carbocycles. The molecule has 0 saturated carbocycles. The van der Waals surface area contributed by atoms with Gasteiger partial charge in [0.15, 0.2) is 0 Å². The summed E-state index contributed by atoms with van der Waals surface area (Å²) >= 11 is 0. The van der Waals surface area contributed by atoms with Crippen molar-refractivity contribution in [2.45, 2.75) is 26.3 Å². The lowest BCUT2D eigenvalue weighted by atomic mass is 9.81. The van der Waals surface area contributed by atoms with Crippen LogP contribution >= 0.6 is 0 Å². The molecule has 2 heteroatoms. The van der Waals surface area contributed by atoms with E-state index in [2.05, 4.69) is 19.2 Å². The van der Waals surface area contributed by atoms with Crippen LogP contribution in [0.4, 0.5) is 0 Å². The summed E-state index contributed by atoms with van der Waals surface area (Å²) < 4.78 is 0. The monoisotopic (exact) mass is 128 g/mol. The Morgan fingerprint density at radius 1 is 1.56 bits per heavy atom. The molecule has 2 nitrogen and oxygen atoms in total. The summed E-state index contributed by atoms with van der Waals surface area (Å²) in [6, 6.07) is 0.388. The molecule has 9 heavy (non-hydrogen) atoms. The number of piperidine rings is 1. The van der Waals surface area contributed by atoms with Crippen molar-refractivity contribution in [2.24, 2.45) is 11.1 Å². The Balaban J connectivity index is 2.49. The lowest BCUT2D eigenvalue weighted by molar-refractivity contribution is 0.221. The molecule has 1 rings (SSSR count). The van der Waals surface area contributed by atoms with Crippen molar-refractivity contribution in [2.75, 3.05) is 13.1 Å². The zero-order chi connectivity index (χ0) is 6.91. The molecule has 1 aliphatic heterocycles. The highest BCUT2D eigenvalue weighted by molar-refractivity contribution is 4.87. The van der Waals surface area contributed by atoms with Gasteiger partial charge in [0.2, 0.25) is 0 Å². The van der Waals surface area contributed by atoms with Crippen molar-refractivity contribution in [3.05, 3.63) is 0 Å². The first-order chi connectivity index (χ1) is 4.13. The van der Waals surface area contributed by atoms with E-state index in [4.69, 9.17) is 5.73 Å². The van der Waals surface area contributed by atoms with E-state index in [0.29, 0.717) is 11.5 Å². The fraction of sp³-hybridized carbons (Fsp3) is 1.00. The molecule has 0 bridgehead atoms. The van der Waals surface area contributed by atoms with Crippen molar-refractivity contribution in [3.8, 4) is 0 Å². The van der Waals surface area contributed by atoms with Crippen LogP contribution in [0.1, 0.15) is 20.3 Å². The Hall–Kier alpha value is -0.0800. The zero-order valence-corrected chi connectivity index (χ0v) is 6.28. The molecule has 54 valence electrons. The van der Waals surface area contributed by atoms with Gasteiger partial charge in [0, 0.05) is 12.6 Å². The van der Waals surface area contributed by atoms with Crippen LogP contribution in [0.15, 0.2) is 0 Å². The summed E-state index contributed by atoms with van der Waals surface area (Å²) in [4.78, 5) is 0. The third-order valence-electron chi connectivity index (χ3n) is 2.22. The highest BCUT2D eigenvalue weighted by atomic mass is 14.9. The van der Waals surface area contributed by atoms with Crippen molar-refractivity contribution >= 4 is 0 Å². The van der Waals surface area contributed by atoms with E-state index < -0.39 is 0 Å². The van der Waals surface area contributed by atoms with Crippen LogP contribution in [-0.2, 0) is 0 Å². The first-order valence-electron chi connectivity index (χ1n) is 3.59. The van der Waals surface area contributed by atoms with E-state index in [-0.39, 0.29) is 0 Å². The Kier molecular flexibility index (Phi) is 1.78. The second-order valence-corrected chi connectivity index (χ2v) is 3.56. The van der Waals surface area contributed by atoms with E-state index in [9.17, 15) is 0 Å². The van der Waals surface area contributed by atoms with Crippen LogP contribution in [0.3, 0.4) is 0 Å². The second kappa shape index (κ2) is 2.27. The Labute approximate surface area is 56.8 Å². The lowest BCUT2D eigenvalue weighted by Gasteiger charge is -2.36. The number of nitrogens with one attached hydrogen (secondary N) is 1. The van der Waals surface area contributed by atoms with Crippen LogP contribution in [0.25, 0.3) is 0 Å². The van der Waals surface area contributed by atoms with Crippen LogP contribution in [-0.4, -0.2) is 19.1 Å². The van der Waals surface area contributed by atoms with Crippen LogP contribution in [0, 0.1) is 5.41 Å². The fourth-order valence-corrected chi connectivity index (χ4v) is 1.19. The van der Waals surface area contributed by atoms with Crippen molar-refractivity contribution in [3.63, 3.8) is 0 Å². The molecule has 1 fully saturated rings. The number of hydrogen-bond donors (Lipinski definition) is 2. The third kappa shape index (κ3) is 1.43. The fourth-order valence-electron chi connectivity index (χ4n) is 1.19. The maximum Gasteiger partial charge on any atom is 0.0114 e. The van der Waals surface area contributed by atoms with Gasteiger partial charge >= 0.3 is 0 Å². The Morgan fingerprint density at radius 2 is 2.22 bits per heavy atom. The smallest absolute Gasteiger partial charge is 0.0114 e. The first-order valence-corrected chi connectivity index (χ1v) is 3.59. The molecule has 0 radical (unpaired) electrons. The largest absolute Gasteiger partial charge is 0.327 e. The molecular formula is C7H16N2. The summed E-state index contributed by atoms with van der Waals surface area (Å²) in [5.74, 6) is 0. The minimum Gasteiger partial charge on any atom is -0.327 e. The van der Waals surface area contributed by atoms with E-state index in [1.54, 1.807) is 0 Å². The molecule has 0 spiro atoms. The molecule has 1 aliphatic rings. The normalized spacial score (nSPS) is 34.3. The predicted molar refractivity (Wildman–Crippen MR) is 39.2 cm³/mol. The highest BCUT2D eigenvalue weighted by Gasteiger charge is 2.28. The van der Waals surface area contributed by atoms with Gasteiger partial charge in [0.25, 0.3) is 0 Å². The summed E-state index contributed by atoms with van der Waals surface area (Å²) in [5.41, 5.74) is 6.18. The van der Waals surface area contributed by atoms with Gasteiger partial charge < -0.3 is 11.1 Å². The minimum absolute atomic E-state index is 0.304. The molecule has 0 amide bonds. The second-order valence-electron chi connectivity index (χ2n) is 3.56. The number of rotatable bonds is 0. The zero-order valence-electron chi connectivity index (χ0n) is 6.28. The van der Waals surface area contributed by atoms with Gasteiger partial charge in [-0.25, -0.2) is 0 Å². The first kappa shape index (κ1) is 7.03. The molecule has 0 aromatic heterocycles. The molecule has 1 saturated heterocycles. The molecule has 1 atom stereocenters. The maximum absolute atomic E-state index is 5.87. The van der Waals surface area contributed by atoms with Crippen LogP contribution < -0.4 is 11.1 Å². The van der Waals surface area contributed by atoms with Crippen LogP contribution in [0.5, 0.6) is 0 Å². The van der Waals surface area contributed by atoms with E-state index in [0.717, 1.165) is 19.5 Å². The third-order valence-corrected chi connectivity index (χ3v) is 2.22. The Morgan fingerprint density at radius 3 is 2.56 bits per heavy atom. The summed E-state index contributed by atoms with van der Waals surface area (Å²) in [5, 5.41) is 3.33. The molecule has 0 unspecified atom stereocenters. The number of nitrogens with two attached hydrogens (primary N) is 1. The topological polar surface area (TPSA) is 38.0 Å². The lowest BCUT2D eigenvalue weighted by Crippen LogP contribution is -2.50. The molecular weight excluding hydrogens is 112 g/mol. The van der Waals surface area contributed by atoms with E-state index >= 15 is 0 Å². The SMILES string of the molecule is CC1(C)CNCC[C@H]1N. The van der Waals surface area contributed by atoms with Crippen molar-refractivity contribution in [1.82, 2.24) is 5.32 Å². The average Bonchev–Trinajstić information content (AvgIpc) is 1.77. The van der Waals surface area contributed by atoms with Gasteiger partial charge in [-0.3, -0.25) is 0 Å². The number of hydrogen-bond acceptors (Lipinski definition) is 2. The van der Waals surface area contributed by atoms with Gasteiger partial charge in [-0.1, -0.05) is 13.8 Å². The summed E-state index contributed by atoms with van der Waals surface area (Å²) in [6.45, 7) is 6.58. The van der Waals surface area contributed by atoms with Gasteiger partial charge in [-0.15, -0.1) is 0 Å². The predicted octanol–water partition coefficient (Wildman–Crippen LogP) is 0.333. The molecule has 0 aromatic carbocycles. The summed E-state index contributed by atoms with van der Waals surface area (Å²) in [7, 11) is 0. The van der Waals surface area contributed by atoms with E-state index in [1.807, 2.05) is 0 Å². The minimum atomic E-state index is 0.304. The van der Waals surface area contributed by atoms with Crippen molar-refractivity contribution < 1.29 is 0 Å². The highest BCUT2D eigenvalue weighted by Crippen LogP contribution is 2.22. The van der Waals surface area contributed by atoms with Gasteiger partial charge in [0.05, 0.1) is 0 Å². The van der Waals surface area contributed by atoms with Crippen molar-refractivity contribution in [1.29, 1.82) is 0 Å². The molecule has 0 aromatic rings. The van der Waals surface area contributed by atoms with Gasteiger partial charge in [0.1, 0.15) is 0 Å². The Bertz CT molecular complexity index is 99.1. The van der Waals surface area contributed by atoms with Gasteiger partial charge in [-0.05, 0) is 18.4 Å². The quantitative estimate of drug-likeness (QED) is 0.493. The van der Waals surface area contributed by atoms with E-state index in [1.165, 1.54) is 0 Å². The van der Waals surface area contributed by atoms with Gasteiger partial charge in [-0.2, -0.15) is 0 Å². The summed E-state index contributed by atoms with van der Waals surface area (Å²) in [6.07, 6.45) is 1.12.